The van der Waals surface area contributed by atoms with Crippen LogP contribution in [0.25, 0.3) is 11.4 Å². The lowest BCUT2D eigenvalue weighted by molar-refractivity contribution is -0.000478. The summed E-state index contributed by atoms with van der Waals surface area (Å²) in [4.78, 5) is 40.9. The van der Waals surface area contributed by atoms with Gasteiger partial charge in [0, 0.05) is 90.7 Å². The number of pyridine rings is 2. The second-order valence-electron chi connectivity index (χ2n) is 19.4. The first kappa shape index (κ1) is 51.4. The number of nitrogens with zero attached hydrogens (tertiary/aromatic N) is 4. The average molecular weight is 1110 g/mol. The SMILES string of the molecule is CC(C)(C)OC(=O)N1CCC2(CC1)CNC2.O=c1cc(OCc2ccccc2)ccn1-c1ccc(Br)cc1.O=c1cc(OCc2ccccc2)ccn1-c1ccc(N2CC3(CCNCC3)C2)cc1.[I-]. The fourth-order valence-corrected chi connectivity index (χ4v) is 9.24. The lowest BCUT2D eigenvalue weighted by Crippen LogP contribution is -3.00. The van der Waals surface area contributed by atoms with E-state index >= 15 is 0 Å². The Labute approximate surface area is 431 Å². The Hall–Kier alpha value is -5.42. The van der Waals surface area contributed by atoms with Crippen LogP contribution < -0.4 is 60.1 Å². The number of piperidine rings is 2. The van der Waals surface area contributed by atoms with Crippen LogP contribution in [0.15, 0.2) is 160 Å². The number of halogens is 2. The average Bonchev–Trinajstić information content (AvgIpc) is 3.33. The predicted molar refractivity (Wildman–Crippen MR) is 272 cm³/mol. The molecule has 2 aromatic heterocycles. The molecule has 6 heterocycles. The molecular weight excluding hydrogens is 1050 g/mol. The van der Waals surface area contributed by atoms with Crippen LogP contribution in [-0.4, -0.2) is 78.1 Å². The van der Waals surface area contributed by atoms with Crippen LogP contribution in [-0.2, 0) is 18.0 Å². The third-order valence-corrected chi connectivity index (χ3v) is 13.6. The lowest BCUT2D eigenvalue weighted by atomic mass is 9.72. The summed E-state index contributed by atoms with van der Waals surface area (Å²) >= 11 is 3.38. The Morgan fingerprint density at radius 2 is 1.07 bits per heavy atom. The number of ether oxygens (including phenoxy) is 3. The van der Waals surface area contributed by atoms with Crippen molar-refractivity contribution >= 4 is 27.7 Å². The van der Waals surface area contributed by atoms with E-state index in [1.54, 1.807) is 33.7 Å². The first-order chi connectivity index (χ1) is 32.8. The van der Waals surface area contributed by atoms with Gasteiger partial charge in [0.05, 0.1) is 0 Å². The lowest BCUT2D eigenvalue weighted by Gasteiger charge is -2.53. The number of anilines is 1. The second kappa shape index (κ2) is 23.5. The molecule has 0 saturated carbocycles. The first-order valence-electron chi connectivity index (χ1n) is 23.6. The number of carbonyl (C=O) groups excluding carboxylic acids is 1. The largest absolute Gasteiger partial charge is 1.00 e. The van der Waals surface area contributed by atoms with Crippen molar-refractivity contribution in [3.63, 3.8) is 0 Å². The molecule has 4 aromatic carbocycles. The molecule has 1 amide bonds. The number of nitrogens with one attached hydrogen (secondary N) is 2. The summed E-state index contributed by atoms with van der Waals surface area (Å²) < 4.78 is 21.0. The van der Waals surface area contributed by atoms with Gasteiger partial charge >= 0.3 is 6.09 Å². The molecule has 2 N–H and O–H groups in total. The Bertz CT molecular complexity index is 2680. The van der Waals surface area contributed by atoms with Crippen molar-refractivity contribution in [3.8, 4) is 22.9 Å². The van der Waals surface area contributed by atoms with Crippen LogP contribution in [0.1, 0.15) is 57.6 Å². The molecule has 14 heteroatoms. The number of hydrogen-bond donors (Lipinski definition) is 2. The molecule has 0 radical (unpaired) electrons. The number of benzene rings is 4. The van der Waals surface area contributed by atoms with E-state index in [0.717, 1.165) is 92.2 Å². The van der Waals surface area contributed by atoms with Gasteiger partial charge in [0.25, 0.3) is 11.1 Å². The highest BCUT2D eigenvalue weighted by atomic mass is 127. The van der Waals surface area contributed by atoms with E-state index in [1.807, 2.05) is 129 Å². The fraction of sp³-hybridized carbons (Fsp3) is 0.364. The van der Waals surface area contributed by atoms with Gasteiger partial charge in [-0.1, -0.05) is 76.6 Å². The van der Waals surface area contributed by atoms with Gasteiger partial charge in [-0.15, -0.1) is 0 Å². The first-order valence-corrected chi connectivity index (χ1v) is 24.4. The number of likely N-dealkylation sites (tertiary alicyclic amines) is 1. The molecule has 0 aliphatic carbocycles. The Morgan fingerprint density at radius 1 is 0.609 bits per heavy atom. The van der Waals surface area contributed by atoms with E-state index < -0.39 is 0 Å². The molecule has 4 fully saturated rings. The van der Waals surface area contributed by atoms with E-state index in [9.17, 15) is 14.4 Å². The third kappa shape index (κ3) is 14.1. The van der Waals surface area contributed by atoms with E-state index in [-0.39, 0.29) is 46.8 Å². The summed E-state index contributed by atoms with van der Waals surface area (Å²) in [5, 5.41) is 6.77. The van der Waals surface area contributed by atoms with Gasteiger partial charge in [-0.25, -0.2) is 4.79 Å². The van der Waals surface area contributed by atoms with Crippen molar-refractivity contribution in [1.82, 2.24) is 24.7 Å². The molecule has 4 saturated heterocycles. The van der Waals surface area contributed by atoms with Crippen molar-refractivity contribution < 1.29 is 43.0 Å². The number of hydrogen-bond acceptors (Lipinski definition) is 9. The molecule has 69 heavy (non-hydrogen) atoms. The van der Waals surface area contributed by atoms with Crippen LogP contribution >= 0.6 is 15.9 Å². The highest BCUT2D eigenvalue weighted by molar-refractivity contribution is 9.10. The second-order valence-corrected chi connectivity index (χ2v) is 20.3. The van der Waals surface area contributed by atoms with Crippen LogP contribution in [0.3, 0.4) is 0 Å². The van der Waals surface area contributed by atoms with Gasteiger partial charge in [0.1, 0.15) is 30.3 Å². The van der Waals surface area contributed by atoms with Gasteiger partial charge < -0.3 is 58.6 Å². The summed E-state index contributed by atoms with van der Waals surface area (Å²) in [6.45, 7) is 15.1. The van der Waals surface area contributed by atoms with Gasteiger partial charge in [-0.05, 0) is 137 Å². The smallest absolute Gasteiger partial charge is 0.410 e. The molecule has 2 spiro atoms. The van der Waals surface area contributed by atoms with Crippen molar-refractivity contribution in [2.75, 3.05) is 57.3 Å². The summed E-state index contributed by atoms with van der Waals surface area (Å²) in [6.07, 6.45) is 8.12. The van der Waals surface area contributed by atoms with Crippen LogP contribution in [0.5, 0.6) is 11.5 Å². The minimum absolute atomic E-state index is 0. The maximum Gasteiger partial charge on any atom is 0.410 e. The standard InChI is InChI=1S/C25H27N3O2.C18H14BrNO2.C12H22N2O2.HI/c29-24-16-23(30-17-20-4-2-1-3-5-20)10-15-28(24)22-8-6-21(7-9-22)27-18-25(19-27)11-13-26-14-12-25;19-15-6-8-16(9-7-15)20-11-10-17(12-18(20)21)22-13-14-4-2-1-3-5-14;1-11(2,3)16-10(15)14-6-4-12(5-7-14)8-13-9-12;/h1-10,15-16,26H,11-14,17-19H2;1-12H,13H2;13H,4-9H2,1-3H3;1H/p-1. The van der Waals surface area contributed by atoms with Crippen molar-refractivity contribution in [3.05, 3.63) is 182 Å². The molecule has 0 bridgehead atoms. The normalized spacial score (nSPS) is 16.5. The molecule has 12 nitrogen and oxygen atoms in total. The van der Waals surface area contributed by atoms with Crippen molar-refractivity contribution in [1.29, 1.82) is 0 Å². The van der Waals surface area contributed by atoms with Gasteiger partial charge in [0.2, 0.25) is 0 Å². The quantitative estimate of drug-likeness (QED) is 0.159. The number of rotatable bonds is 9. The molecule has 0 atom stereocenters. The summed E-state index contributed by atoms with van der Waals surface area (Å²) in [6, 6.07) is 42.4. The zero-order valence-corrected chi connectivity index (χ0v) is 43.5. The van der Waals surface area contributed by atoms with E-state index in [1.165, 1.54) is 24.6 Å². The summed E-state index contributed by atoms with van der Waals surface area (Å²) in [5.41, 5.74) is 5.48. The summed E-state index contributed by atoms with van der Waals surface area (Å²) in [7, 11) is 0. The molecule has 4 aliphatic heterocycles. The van der Waals surface area contributed by atoms with E-state index in [4.69, 9.17) is 14.2 Å². The van der Waals surface area contributed by atoms with Gasteiger partial charge in [-0.3, -0.25) is 18.7 Å². The molecule has 4 aliphatic rings. The number of aromatic nitrogens is 2. The molecule has 364 valence electrons. The number of carbonyl (C=O) groups is 1. The zero-order valence-electron chi connectivity index (χ0n) is 39.8. The topological polar surface area (TPSA) is 119 Å². The molecular formula is C55H63BrIN6O6-. The monoisotopic (exact) mass is 1110 g/mol. The van der Waals surface area contributed by atoms with E-state index in [2.05, 4.69) is 43.6 Å². The fourth-order valence-electron chi connectivity index (χ4n) is 8.98. The molecule has 10 rings (SSSR count). The molecule has 6 aromatic rings. The maximum atomic E-state index is 12.6. The Morgan fingerprint density at radius 3 is 1.51 bits per heavy atom. The highest BCUT2D eigenvalue weighted by Crippen LogP contribution is 2.41. The Balaban J connectivity index is 0.000000160. The summed E-state index contributed by atoms with van der Waals surface area (Å²) in [5.74, 6) is 1.16. The van der Waals surface area contributed by atoms with Crippen molar-refractivity contribution in [2.24, 2.45) is 10.8 Å². The maximum absolute atomic E-state index is 12.6. The minimum atomic E-state index is -0.385. The minimum Gasteiger partial charge on any atom is -1.00 e. The van der Waals surface area contributed by atoms with Gasteiger partial charge in [0.15, 0.2) is 0 Å². The number of amides is 1. The van der Waals surface area contributed by atoms with Crippen LogP contribution in [0.2, 0.25) is 0 Å². The van der Waals surface area contributed by atoms with E-state index in [0.29, 0.717) is 35.5 Å². The van der Waals surface area contributed by atoms with Crippen LogP contribution in [0.4, 0.5) is 10.5 Å². The predicted octanol–water partition coefficient (Wildman–Crippen LogP) is 6.40. The van der Waals surface area contributed by atoms with Gasteiger partial charge in [-0.2, -0.15) is 0 Å². The van der Waals surface area contributed by atoms with Crippen LogP contribution in [0, 0.1) is 10.8 Å². The zero-order chi connectivity index (χ0) is 47.6. The highest BCUT2D eigenvalue weighted by Gasteiger charge is 2.43. The molecule has 0 unspecified atom stereocenters. The third-order valence-electron chi connectivity index (χ3n) is 13.1. The van der Waals surface area contributed by atoms with Crippen molar-refractivity contribution in [2.45, 2.75) is 65.3 Å². The Kier molecular flexibility index (Phi) is 17.5.